The second-order valence-electron chi connectivity index (χ2n) is 6.19. The largest absolute Gasteiger partial charge is 0.389 e. The van der Waals surface area contributed by atoms with Gasteiger partial charge in [0.1, 0.15) is 0 Å². The highest BCUT2D eigenvalue weighted by molar-refractivity contribution is 7.09. The third kappa shape index (κ3) is 4.64. The molecule has 2 rings (SSSR count). The lowest BCUT2D eigenvalue weighted by Gasteiger charge is -2.25. The van der Waals surface area contributed by atoms with Crippen molar-refractivity contribution in [2.75, 3.05) is 13.6 Å². The molecule has 4 nitrogen and oxygen atoms in total. The van der Waals surface area contributed by atoms with Crippen molar-refractivity contribution in [1.29, 1.82) is 0 Å². The first kappa shape index (κ1) is 16.6. The highest BCUT2D eigenvalue weighted by Crippen LogP contribution is 2.22. The SMILES string of the molecule is Cc1nc(-c2ccc(CC(=O)N(C)CC(C)(C)O)cc2)cs1. The maximum absolute atomic E-state index is 12.2. The number of hydrogen-bond donors (Lipinski definition) is 1. The van der Waals surface area contributed by atoms with E-state index in [2.05, 4.69) is 4.98 Å². The molecule has 0 atom stereocenters. The zero-order valence-corrected chi connectivity index (χ0v) is 14.3. The zero-order chi connectivity index (χ0) is 16.3. The first-order valence-corrected chi connectivity index (χ1v) is 8.10. The summed E-state index contributed by atoms with van der Waals surface area (Å²) in [6, 6.07) is 7.90. The average Bonchev–Trinajstić information content (AvgIpc) is 2.84. The summed E-state index contributed by atoms with van der Waals surface area (Å²) in [5.41, 5.74) is 2.12. The number of aryl methyl sites for hydroxylation is 1. The molecule has 22 heavy (non-hydrogen) atoms. The molecule has 0 radical (unpaired) electrons. The van der Waals surface area contributed by atoms with Gasteiger partial charge in [0.25, 0.3) is 0 Å². The van der Waals surface area contributed by atoms with Crippen molar-refractivity contribution in [3.05, 3.63) is 40.2 Å². The number of likely N-dealkylation sites (N-methyl/N-ethyl adjacent to an activating group) is 1. The van der Waals surface area contributed by atoms with Crippen LogP contribution in [0.2, 0.25) is 0 Å². The van der Waals surface area contributed by atoms with E-state index in [9.17, 15) is 9.90 Å². The van der Waals surface area contributed by atoms with E-state index in [0.717, 1.165) is 21.8 Å². The van der Waals surface area contributed by atoms with Crippen LogP contribution in [0.5, 0.6) is 0 Å². The van der Waals surface area contributed by atoms with E-state index in [1.165, 1.54) is 0 Å². The number of rotatable bonds is 5. The fourth-order valence-corrected chi connectivity index (χ4v) is 2.89. The molecule has 0 aliphatic carbocycles. The van der Waals surface area contributed by atoms with Crippen molar-refractivity contribution >= 4 is 17.2 Å². The Labute approximate surface area is 135 Å². The Kier molecular flexibility index (Phi) is 4.98. The first-order chi connectivity index (χ1) is 10.2. The summed E-state index contributed by atoms with van der Waals surface area (Å²) in [7, 11) is 1.72. The van der Waals surface area contributed by atoms with Crippen molar-refractivity contribution in [2.45, 2.75) is 32.8 Å². The molecular formula is C17H22N2O2S. The summed E-state index contributed by atoms with van der Waals surface area (Å²) in [5.74, 6) is -0.000576. The van der Waals surface area contributed by atoms with Crippen molar-refractivity contribution in [1.82, 2.24) is 9.88 Å². The van der Waals surface area contributed by atoms with Gasteiger partial charge in [-0.3, -0.25) is 4.79 Å². The van der Waals surface area contributed by atoms with E-state index in [0.29, 0.717) is 13.0 Å². The van der Waals surface area contributed by atoms with Crippen LogP contribution in [0.1, 0.15) is 24.4 Å². The normalized spacial score (nSPS) is 11.5. The monoisotopic (exact) mass is 318 g/mol. The molecule has 0 saturated heterocycles. The van der Waals surface area contributed by atoms with E-state index in [1.807, 2.05) is 36.6 Å². The van der Waals surface area contributed by atoms with Crippen LogP contribution in [0, 0.1) is 6.92 Å². The minimum absolute atomic E-state index is 0.000576. The summed E-state index contributed by atoms with van der Waals surface area (Å²) in [6.07, 6.45) is 0.336. The molecule has 0 bridgehead atoms. The molecule has 0 unspecified atom stereocenters. The molecule has 5 heteroatoms. The Morgan fingerprint density at radius 3 is 2.45 bits per heavy atom. The molecule has 1 aromatic carbocycles. The van der Waals surface area contributed by atoms with Crippen LogP contribution in [-0.2, 0) is 11.2 Å². The van der Waals surface area contributed by atoms with Gasteiger partial charge in [0, 0.05) is 24.5 Å². The molecule has 1 heterocycles. The van der Waals surface area contributed by atoms with Gasteiger partial charge < -0.3 is 10.0 Å². The van der Waals surface area contributed by atoms with Gasteiger partial charge >= 0.3 is 0 Å². The van der Waals surface area contributed by atoms with E-state index in [4.69, 9.17) is 0 Å². The number of thiazole rings is 1. The summed E-state index contributed by atoms with van der Waals surface area (Å²) >= 11 is 1.63. The number of nitrogens with zero attached hydrogens (tertiary/aromatic N) is 2. The smallest absolute Gasteiger partial charge is 0.226 e. The van der Waals surface area contributed by atoms with Crippen LogP contribution in [0.25, 0.3) is 11.3 Å². The van der Waals surface area contributed by atoms with Crippen LogP contribution < -0.4 is 0 Å². The Balaban J connectivity index is 2.00. The second-order valence-corrected chi connectivity index (χ2v) is 7.25. The van der Waals surface area contributed by atoms with E-state index < -0.39 is 5.60 Å². The molecule has 0 spiro atoms. The Bertz CT molecular complexity index is 641. The number of hydrogen-bond acceptors (Lipinski definition) is 4. The highest BCUT2D eigenvalue weighted by Gasteiger charge is 2.19. The van der Waals surface area contributed by atoms with Gasteiger partial charge in [0.05, 0.1) is 22.7 Å². The molecule has 1 aromatic heterocycles. The number of benzene rings is 1. The van der Waals surface area contributed by atoms with Gasteiger partial charge in [-0.05, 0) is 26.3 Å². The Hall–Kier alpha value is -1.72. The van der Waals surface area contributed by atoms with Gasteiger partial charge in [-0.1, -0.05) is 24.3 Å². The lowest BCUT2D eigenvalue weighted by molar-refractivity contribution is -0.131. The van der Waals surface area contributed by atoms with Crippen molar-refractivity contribution in [3.8, 4) is 11.3 Å². The molecule has 1 N–H and O–H groups in total. The van der Waals surface area contributed by atoms with Gasteiger partial charge in [0.2, 0.25) is 5.91 Å². The van der Waals surface area contributed by atoms with Crippen LogP contribution >= 0.6 is 11.3 Å². The molecule has 0 aliphatic rings. The Morgan fingerprint density at radius 2 is 1.95 bits per heavy atom. The summed E-state index contributed by atoms with van der Waals surface area (Å²) in [5, 5.41) is 12.8. The third-order valence-corrected chi connectivity index (χ3v) is 4.05. The van der Waals surface area contributed by atoms with Crippen molar-refractivity contribution in [2.24, 2.45) is 0 Å². The molecule has 0 saturated carbocycles. The Morgan fingerprint density at radius 1 is 1.32 bits per heavy atom. The average molecular weight is 318 g/mol. The molecule has 0 fully saturated rings. The zero-order valence-electron chi connectivity index (χ0n) is 13.5. The first-order valence-electron chi connectivity index (χ1n) is 7.22. The number of aliphatic hydroxyl groups is 1. The second kappa shape index (κ2) is 6.58. The standard InChI is InChI=1S/C17H22N2O2S/c1-12-18-15(10-22-12)14-7-5-13(6-8-14)9-16(20)19(4)11-17(2,3)21/h5-8,10,21H,9,11H2,1-4H3. The third-order valence-electron chi connectivity index (χ3n) is 3.27. The molecular weight excluding hydrogens is 296 g/mol. The van der Waals surface area contributed by atoms with E-state index in [1.54, 1.807) is 37.1 Å². The van der Waals surface area contributed by atoms with Crippen LogP contribution in [0.3, 0.4) is 0 Å². The predicted molar refractivity (Wildman–Crippen MR) is 89.9 cm³/mol. The maximum Gasteiger partial charge on any atom is 0.226 e. The van der Waals surface area contributed by atoms with Crippen LogP contribution in [-0.4, -0.2) is 40.1 Å². The lowest BCUT2D eigenvalue weighted by Crippen LogP contribution is -2.40. The summed E-state index contributed by atoms with van der Waals surface area (Å²) in [6.45, 7) is 5.70. The molecule has 1 amide bonds. The number of aromatic nitrogens is 1. The summed E-state index contributed by atoms with van der Waals surface area (Å²) in [4.78, 5) is 18.2. The van der Waals surface area contributed by atoms with E-state index in [-0.39, 0.29) is 5.91 Å². The minimum Gasteiger partial charge on any atom is -0.389 e. The molecule has 2 aromatic rings. The van der Waals surface area contributed by atoms with Gasteiger partial charge in [-0.2, -0.15) is 0 Å². The number of amides is 1. The minimum atomic E-state index is -0.878. The van der Waals surface area contributed by atoms with Gasteiger partial charge in [0.15, 0.2) is 0 Å². The van der Waals surface area contributed by atoms with Crippen molar-refractivity contribution < 1.29 is 9.90 Å². The highest BCUT2D eigenvalue weighted by atomic mass is 32.1. The fraction of sp³-hybridized carbons (Fsp3) is 0.412. The number of carbonyl (C=O) groups excluding carboxylic acids is 1. The van der Waals surface area contributed by atoms with Gasteiger partial charge in [-0.15, -0.1) is 11.3 Å². The number of carbonyl (C=O) groups is 1. The van der Waals surface area contributed by atoms with Gasteiger partial charge in [-0.25, -0.2) is 4.98 Å². The van der Waals surface area contributed by atoms with E-state index >= 15 is 0 Å². The van der Waals surface area contributed by atoms with Crippen LogP contribution in [0.15, 0.2) is 29.6 Å². The topological polar surface area (TPSA) is 53.4 Å². The van der Waals surface area contributed by atoms with Crippen molar-refractivity contribution in [3.63, 3.8) is 0 Å². The maximum atomic E-state index is 12.2. The molecule has 0 aliphatic heterocycles. The summed E-state index contributed by atoms with van der Waals surface area (Å²) < 4.78 is 0. The quantitative estimate of drug-likeness (QED) is 0.922. The van der Waals surface area contributed by atoms with Crippen LogP contribution in [0.4, 0.5) is 0 Å². The predicted octanol–water partition coefficient (Wildman–Crippen LogP) is 2.89. The lowest BCUT2D eigenvalue weighted by atomic mass is 10.1. The fourth-order valence-electron chi connectivity index (χ4n) is 2.27. The molecule has 118 valence electrons.